The number of nitrogens with two attached hydrogens (primary N) is 1. The Kier molecular flexibility index (Phi) is 1.51. The summed E-state index contributed by atoms with van der Waals surface area (Å²) >= 11 is 0. The first kappa shape index (κ1) is 7.92. The summed E-state index contributed by atoms with van der Waals surface area (Å²) in [6.45, 7) is 3.35. The molecular formula is C7H13F2N. The first-order valence-electron chi connectivity index (χ1n) is 3.47. The zero-order chi connectivity index (χ0) is 7.99. The number of rotatable bonds is 2. The Morgan fingerprint density at radius 1 is 1.40 bits per heavy atom. The van der Waals surface area contributed by atoms with Gasteiger partial charge in [0.1, 0.15) is 0 Å². The zero-order valence-electron chi connectivity index (χ0n) is 6.32. The van der Waals surface area contributed by atoms with Crippen LogP contribution in [0.4, 0.5) is 8.78 Å². The van der Waals surface area contributed by atoms with E-state index in [4.69, 9.17) is 5.73 Å². The van der Waals surface area contributed by atoms with E-state index >= 15 is 0 Å². The fourth-order valence-electron chi connectivity index (χ4n) is 1.28. The Hall–Kier alpha value is -0.180. The van der Waals surface area contributed by atoms with Gasteiger partial charge < -0.3 is 5.73 Å². The molecular weight excluding hydrogens is 136 g/mol. The molecule has 60 valence electrons. The van der Waals surface area contributed by atoms with Gasteiger partial charge in [-0.3, -0.25) is 0 Å². The van der Waals surface area contributed by atoms with Gasteiger partial charge in [0.2, 0.25) is 6.43 Å². The molecule has 0 bridgehead atoms. The van der Waals surface area contributed by atoms with Gasteiger partial charge in [-0.05, 0) is 26.7 Å². The Labute approximate surface area is 59.6 Å². The number of halogens is 2. The van der Waals surface area contributed by atoms with Crippen molar-refractivity contribution in [2.24, 2.45) is 11.1 Å². The molecule has 0 aliphatic heterocycles. The number of alkyl halides is 2. The van der Waals surface area contributed by atoms with Crippen molar-refractivity contribution < 1.29 is 8.78 Å². The van der Waals surface area contributed by atoms with Crippen LogP contribution in [0.1, 0.15) is 26.7 Å². The highest BCUT2D eigenvalue weighted by Gasteiger charge is 2.59. The van der Waals surface area contributed by atoms with Gasteiger partial charge in [-0.2, -0.15) is 0 Å². The summed E-state index contributed by atoms with van der Waals surface area (Å²) in [7, 11) is 0. The second-order valence-electron chi connectivity index (χ2n) is 3.68. The average molecular weight is 149 g/mol. The molecule has 0 radical (unpaired) electrons. The second-order valence-corrected chi connectivity index (χ2v) is 3.68. The van der Waals surface area contributed by atoms with Crippen molar-refractivity contribution in [3.8, 4) is 0 Å². The van der Waals surface area contributed by atoms with E-state index in [1.165, 1.54) is 0 Å². The fraction of sp³-hybridized carbons (Fsp3) is 1.00. The summed E-state index contributed by atoms with van der Waals surface area (Å²) in [4.78, 5) is 0. The Balaban J connectivity index is 2.70. The maximum Gasteiger partial charge on any atom is 0.245 e. The maximum atomic E-state index is 12.3. The molecule has 0 atom stereocenters. The number of hydrogen-bond donors (Lipinski definition) is 1. The highest BCUT2D eigenvalue weighted by Crippen LogP contribution is 2.56. The molecule has 0 unspecified atom stereocenters. The van der Waals surface area contributed by atoms with E-state index in [-0.39, 0.29) is 0 Å². The van der Waals surface area contributed by atoms with Crippen LogP contribution in [-0.4, -0.2) is 12.0 Å². The quantitative estimate of drug-likeness (QED) is 0.636. The summed E-state index contributed by atoms with van der Waals surface area (Å²) in [6.07, 6.45) is -1.10. The molecule has 0 heterocycles. The van der Waals surface area contributed by atoms with Gasteiger partial charge in [-0.1, -0.05) is 0 Å². The standard InChI is InChI=1S/C7H13F2N/c1-6(2,10)7(3-4-7)5(8)9/h5H,3-4,10H2,1-2H3. The normalized spacial score (nSPS) is 23.4. The van der Waals surface area contributed by atoms with E-state index in [1.807, 2.05) is 0 Å². The Morgan fingerprint density at radius 2 is 1.80 bits per heavy atom. The van der Waals surface area contributed by atoms with E-state index < -0.39 is 17.4 Å². The van der Waals surface area contributed by atoms with Crippen LogP contribution in [0.2, 0.25) is 0 Å². The molecule has 0 aromatic heterocycles. The molecule has 0 aromatic carbocycles. The minimum Gasteiger partial charge on any atom is -0.325 e. The van der Waals surface area contributed by atoms with Gasteiger partial charge >= 0.3 is 0 Å². The molecule has 1 saturated carbocycles. The van der Waals surface area contributed by atoms with E-state index in [0.29, 0.717) is 12.8 Å². The largest absolute Gasteiger partial charge is 0.325 e. The third kappa shape index (κ3) is 0.926. The lowest BCUT2D eigenvalue weighted by molar-refractivity contribution is 0.0229. The SMILES string of the molecule is CC(C)(N)C1(C(F)F)CC1. The lowest BCUT2D eigenvalue weighted by atomic mass is 9.85. The topological polar surface area (TPSA) is 26.0 Å². The van der Waals surface area contributed by atoms with Crippen molar-refractivity contribution in [2.45, 2.75) is 38.7 Å². The van der Waals surface area contributed by atoms with Crippen LogP contribution in [0.15, 0.2) is 0 Å². The third-order valence-electron chi connectivity index (χ3n) is 2.49. The molecule has 3 heteroatoms. The Bertz CT molecular complexity index is 133. The van der Waals surface area contributed by atoms with E-state index in [9.17, 15) is 8.78 Å². The van der Waals surface area contributed by atoms with Crippen LogP contribution in [0, 0.1) is 5.41 Å². The average Bonchev–Trinajstić information content (AvgIpc) is 2.36. The first-order chi connectivity index (χ1) is 4.40. The van der Waals surface area contributed by atoms with E-state index in [2.05, 4.69) is 0 Å². The molecule has 1 nitrogen and oxygen atoms in total. The fourth-order valence-corrected chi connectivity index (χ4v) is 1.28. The van der Waals surface area contributed by atoms with Crippen molar-refractivity contribution in [3.63, 3.8) is 0 Å². The van der Waals surface area contributed by atoms with Gasteiger partial charge in [-0.15, -0.1) is 0 Å². The summed E-state index contributed by atoms with van der Waals surface area (Å²) in [5.74, 6) is 0. The molecule has 1 rings (SSSR count). The van der Waals surface area contributed by atoms with Crippen molar-refractivity contribution >= 4 is 0 Å². The van der Waals surface area contributed by atoms with Crippen molar-refractivity contribution in [2.75, 3.05) is 0 Å². The minimum absolute atomic E-state index is 0.578. The van der Waals surface area contributed by atoms with Crippen molar-refractivity contribution in [3.05, 3.63) is 0 Å². The van der Waals surface area contributed by atoms with Crippen molar-refractivity contribution in [1.29, 1.82) is 0 Å². The monoisotopic (exact) mass is 149 g/mol. The molecule has 2 N–H and O–H groups in total. The molecule has 0 aromatic rings. The van der Waals surface area contributed by atoms with Crippen LogP contribution in [0.25, 0.3) is 0 Å². The van der Waals surface area contributed by atoms with Crippen LogP contribution in [-0.2, 0) is 0 Å². The molecule has 0 amide bonds. The summed E-state index contributed by atoms with van der Waals surface area (Å²) < 4.78 is 24.6. The van der Waals surface area contributed by atoms with Gasteiger partial charge in [0.25, 0.3) is 0 Å². The smallest absolute Gasteiger partial charge is 0.245 e. The molecule has 1 fully saturated rings. The summed E-state index contributed by atoms with van der Waals surface area (Å²) in [6, 6.07) is 0. The highest BCUT2D eigenvalue weighted by atomic mass is 19.3. The second kappa shape index (κ2) is 1.91. The van der Waals surface area contributed by atoms with Crippen LogP contribution < -0.4 is 5.73 Å². The molecule has 10 heavy (non-hydrogen) atoms. The molecule has 1 aliphatic carbocycles. The van der Waals surface area contributed by atoms with Gasteiger partial charge in [0, 0.05) is 11.0 Å². The van der Waals surface area contributed by atoms with Gasteiger partial charge in [-0.25, -0.2) is 8.78 Å². The molecule has 0 saturated heterocycles. The first-order valence-corrected chi connectivity index (χ1v) is 3.47. The Morgan fingerprint density at radius 3 is 1.80 bits per heavy atom. The van der Waals surface area contributed by atoms with Crippen LogP contribution in [0.3, 0.4) is 0 Å². The maximum absolute atomic E-state index is 12.3. The highest BCUT2D eigenvalue weighted by molar-refractivity contribution is 5.08. The lowest BCUT2D eigenvalue weighted by Crippen LogP contribution is -2.46. The lowest BCUT2D eigenvalue weighted by Gasteiger charge is -2.29. The third-order valence-corrected chi connectivity index (χ3v) is 2.49. The van der Waals surface area contributed by atoms with Crippen LogP contribution in [0.5, 0.6) is 0 Å². The summed E-state index contributed by atoms with van der Waals surface area (Å²) in [5, 5.41) is 0. The van der Waals surface area contributed by atoms with E-state index in [1.54, 1.807) is 13.8 Å². The van der Waals surface area contributed by atoms with Crippen LogP contribution >= 0.6 is 0 Å². The summed E-state index contributed by atoms with van der Waals surface area (Å²) in [5.41, 5.74) is 4.01. The van der Waals surface area contributed by atoms with Gasteiger partial charge in [0.05, 0.1) is 0 Å². The minimum atomic E-state index is -2.26. The van der Waals surface area contributed by atoms with Crippen molar-refractivity contribution in [1.82, 2.24) is 0 Å². The zero-order valence-corrected chi connectivity index (χ0v) is 6.32. The van der Waals surface area contributed by atoms with Gasteiger partial charge in [0.15, 0.2) is 0 Å². The predicted octanol–water partition coefficient (Wildman–Crippen LogP) is 1.77. The molecule has 1 aliphatic rings. The molecule has 0 spiro atoms. The van der Waals surface area contributed by atoms with E-state index in [0.717, 1.165) is 0 Å². The predicted molar refractivity (Wildman–Crippen MR) is 35.9 cm³/mol. The number of hydrogen-bond acceptors (Lipinski definition) is 1.